The number of nitro groups is 2. The first-order chi connectivity index (χ1) is 10.4. The molecule has 0 saturated carbocycles. The Morgan fingerprint density at radius 3 is 2.27 bits per heavy atom. The Balaban J connectivity index is 2.12. The van der Waals surface area contributed by atoms with Gasteiger partial charge in [-0.1, -0.05) is 0 Å². The van der Waals surface area contributed by atoms with Crippen molar-refractivity contribution < 1.29 is 28.9 Å². The van der Waals surface area contributed by atoms with Gasteiger partial charge in [0.2, 0.25) is 0 Å². The number of rotatable bonds is 5. The highest BCUT2D eigenvalue weighted by atomic mass is 16.6. The van der Waals surface area contributed by atoms with E-state index in [1.165, 1.54) is 0 Å². The molecule has 0 radical (unpaired) electrons. The van der Waals surface area contributed by atoms with E-state index in [1.54, 1.807) is 0 Å². The predicted octanol–water partition coefficient (Wildman–Crippen LogP) is 1.37. The van der Waals surface area contributed by atoms with Crippen LogP contribution in [0.5, 0.6) is 0 Å². The van der Waals surface area contributed by atoms with E-state index in [1.807, 2.05) is 0 Å². The van der Waals surface area contributed by atoms with Crippen LogP contribution in [0, 0.1) is 20.2 Å². The summed E-state index contributed by atoms with van der Waals surface area (Å²) in [5.41, 5.74) is -1.49. The summed E-state index contributed by atoms with van der Waals surface area (Å²) >= 11 is 0. The molecular weight excluding hydrogens is 300 g/mol. The Labute approximate surface area is 122 Å². The summed E-state index contributed by atoms with van der Waals surface area (Å²) in [4.78, 5) is 42.5. The average molecular weight is 310 g/mol. The Kier molecular flexibility index (Phi) is 4.30. The van der Waals surface area contributed by atoms with E-state index in [0.717, 1.165) is 18.2 Å². The molecule has 0 aromatic heterocycles. The monoisotopic (exact) mass is 310 g/mol. The Bertz CT molecular complexity index is 624. The third-order valence-electron chi connectivity index (χ3n) is 2.93. The van der Waals surface area contributed by atoms with E-state index < -0.39 is 39.3 Å². The predicted molar refractivity (Wildman–Crippen MR) is 69.1 cm³/mol. The third-order valence-corrected chi connectivity index (χ3v) is 2.93. The first kappa shape index (κ1) is 15.4. The first-order valence-corrected chi connectivity index (χ1v) is 6.17. The second-order valence-electron chi connectivity index (χ2n) is 4.50. The number of non-ortho nitro benzene ring substituents is 2. The highest BCUT2D eigenvalue weighted by Crippen LogP contribution is 2.23. The second kappa shape index (κ2) is 6.16. The standard InChI is InChI=1S/C12H10N2O8/c15-11-2-1-10(22-11)6-21-12(16)7-3-8(13(17)18)5-9(4-7)14(19)20/h3-5,10H,1-2,6H2. The number of carbonyl (C=O) groups is 2. The van der Waals surface area contributed by atoms with Crippen molar-refractivity contribution in [3.05, 3.63) is 44.0 Å². The topological polar surface area (TPSA) is 139 Å². The molecule has 1 aromatic carbocycles. The SMILES string of the molecule is O=C1CCC(COC(=O)c2cc([N+](=O)[O-])cc([N+](=O)[O-])c2)O1. The number of ether oxygens (including phenoxy) is 2. The maximum atomic E-state index is 11.8. The fourth-order valence-electron chi connectivity index (χ4n) is 1.88. The van der Waals surface area contributed by atoms with Gasteiger partial charge in [0.05, 0.1) is 21.5 Å². The van der Waals surface area contributed by atoms with E-state index in [4.69, 9.17) is 9.47 Å². The molecular formula is C12H10N2O8. The lowest BCUT2D eigenvalue weighted by molar-refractivity contribution is -0.394. The van der Waals surface area contributed by atoms with Gasteiger partial charge < -0.3 is 9.47 Å². The van der Waals surface area contributed by atoms with Gasteiger partial charge in [-0.05, 0) is 6.42 Å². The fraction of sp³-hybridized carbons (Fsp3) is 0.333. The van der Waals surface area contributed by atoms with E-state index in [-0.39, 0.29) is 18.6 Å². The second-order valence-corrected chi connectivity index (χ2v) is 4.50. The van der Waals surface area contributed by atoms with Crippen LogP contribution in [-0.2, 0) is 14.3 Å². The molecule has 0 bridgehead atoms. The number of benzene rings is 1. The van der Waals surface area contributed by atoms with Gasteiger partial charge in [0.1, 0.15) is 12.7 Å². The summed E-state index contributed by atoms with van der Waals surface area (Å²) in [6, 6.07) is 2.52. The van der Waals surface area contributed by atoms with Crippen molar-refractivity contribution >= 4 is 23.3 Å². The molecule has 116 valence electrons. The van der Waals surface area contributed by atoms with Gasteiger partial charge in [-0.3, -0.25) is 25.0 Å². The molecule has 1 saturated heterocycles. The molecule has 0 amide bonds. The summed E-state index contributed by atoms with van der Waals surface area (Å²) in [6.07, 6.45) is 0.0660. The fourth-order valence-corrected chi connectivity index (χ4v) is 1.88. The van der Waals surface area contributed by atoms with Crippen LogP contribution in [0.1, 0.15) is 23.2 Å². The summed E-state index contributed by atoms with van der Waals surface area (Å²) < 4.78 is 9.71. The summed E-state index contributed by atoms with van der Waals surface area (Å²) in [5, 5.41) is 21.5. The molecule has 0 N–H and O–H groups in total. The van der Waals surface area contributed by atoms with Crippen molar-refractivity contribution in [3.63, 3.8) is 0 Å². The molecule has 22 heavy (non-hydrogen) atoms. The molecule has 1 aliphatic rings. The molecule has 0 spiro atoms. The number of esters is 2. The summed E-state index contributed by atoms with van der Waals surface area (Å²) in [5.74, 6) is -1.36. The maximum absolute atomic E-state index is 11.8. The zero-order valence-electron chi connectivity index (χ0n) is 11.1. The Morgan fingerprint density at radius 2 is 1.82 bits per heavy atom. The minimum absolute atomic E-state index is 0.207. The van der Waals surface area contributed by atoms with Crippen LogP contribution < -0.4 is 0 Å². The molecule has 1 unspecified atom stereocenters. The molecule has 1 aromatic rings. The third kappa shape index (κ3) is 3.53. The number of hydrogen-bond donors (Lipinski definition) is 0. The van der Waals surface area contributed by atoms with Crippen molar-refractivity contribution in [1.29, 1.82) is 0 Å². The van der Waals surface area contributed by atoms with Gasteiger partial charge in [0.25, 0.3) is 11.4 Å². The van der Waals surface area contributed by atoms with E-state index in [9.17, 15) is 29.8 Å². The van der Waals surface area contributed by atoms with Gasteiger partial charge in [-0.25, -0.2) is 4.79 Å². The number of carbonyl (C=O) groups excluding carboxylic acids is 2. The van der Waals surface area contributed by atoms with Gasteiger partial charge in [-0.15, -0.1) is 0 Å². The quantitative estimate of drug-likeness (QED) is 0.451. The first-order valence-electron chi connectivity index (χ1n) is 6.17. The maximum Gasteiger partial charge on any atom is 0.338 e. The van der Waals surface area contributed by atoms with Crippen LogP contribution in [0.2, 0.25) is 0 Å². The molecule has 1 fully saturated rings. The van der Waals surface area contributed by atoms with Gasteiger partial charge in [-0.2, -0.15) is 0 Å². The average Bonchev–Trinajstić information content (AvgIpc) is 2.89. The minimum Gasteiger partial charge on any atom is -0.459 e. The molecule has 0 aliphatic carbocycles. The highest BCUT2D eigenvalue weighted by Gasteiger charge is 2.26. The minimum atomic E-state index is -0.963. The molecule has 10 nitrogen and oxygen atoms in total. The van der Waals surface area contributed by atoms with Crippen LogP contribution in [-0.4, -0.2) is 34.5 Å². The van der Waals surface area contributed by atoms with Gasteiger partial charge >= 0.3 is 11.9 Å². The zero-order valence-corrected chi connectivity index (χ0v) is 11.1. The van der Waals surface area contributed by atoms with E-state index in [0.29, 0.717) is 6.42 Å². The lowest BCUT2D eigenvalue weighted by Crippen LogP contribution is -2.18. The van der Waals surface area contributed by atoms with Gasteiger partial charge in [0.15, 0.2) is 0 Å². The molecule has 1 heterocycles. The lowest BCUT2D eigenvalue weighted by Gasteiger charge is -2.09. The van der Waals surface area contributed by atoms with Crippen molar-refractivity contribution in [2.45, 2.75) is 18.9 Å². The van der Waals surface area contributed by atoms with E-state index >= 15 is 0 Å². The largest absolute Gasteiger partial charge is 0.459 e. The number of cyclic esters (lactones) is 1. The van der Waals surface area contributed by atoms with Crippen molar-refractivity contribution in [1.82, 2.24) is 0 Å². The summed E-state index contributed by atoms with van der Waals surface area (Å²) in [7, 11) is 0. The number of nitrogens with zero attached hydrogens (tertiary/aromatic N) is 2. The zero-order chi connectivity index (χ0) is 16.3. The number of hydrogen-bond acceptors (Lipinski definition) is 8. The molecule has 1 aliphatic heterocycles. The molecule has 2 rings (SSSR count). The van der Waals surface area contributed by atoms with Crippen molar-refractivity contribution in [2.24, 2.45) is 0 Å². The Morgan fingerprint density at radius 1 is 1.23 bits per heavy atom. The Hall–Kier alpha value is -3.04. The van der Waals surface area contributed by atoms with Gasteiger partial charge in [0, 0.05) is 18.6 Å². The van der Waals surface area contributed by atoms with Crippen LogP contribution >= 0.6 is 0 Å². The van der Waals surface area contributed by atoms with Crippen LogP contribution in [0.15, 0.2) is 18.2 Å². The molecule has 10 heteroatoms. The van der Waals surface area contributed by atoms with Crippen LogP contribution in [0.25, 0.3) is 0 Å². The summed E-state index contributed by atoms with van der Waals surface area (Å²) in [6.45, 7) is -0.207. The molecule has 1 atom stereocenters. The van der Waals surface area contributed by atoms with Crippen LogP contribution in [0.3, 0.4) is 0 Å². The highest BCUT2D eigenvalue weighted by molar-refractivity contribution is 5.91. The number of nitro benzene ring substituents is 2. The smallest absolute Gasteiger partial charge is 0.338 e. The normalized spacial score (nSPS) is 16.9. The van der Waals surface area contributed by atoms with E-state index in [2.05, 4.69) is 0 Å². The van der Waals surface area contributed by atoms with Crippen LogP contribution in [0.4, 0.5) is 11.4 Å². The lowest BCUT2D eigenvalue weighted by atomic mass is 10.2. The van der Waals surface area contributed by atoms with Crippen molar-refractivity contribution in [2.75, 3.05) is 6.61 Å². The van der Waals surface area contributed by atoms with Crippen molar-refractivity contribution in [3.8, 4) is 0 Å².